The van der Waals surface area contributed by atoms with Crippen molar-refractivity contribution >= 4 is 17.1 Å². The Bertz CT molecular complexity index is 1060. The number of hydrogen-bond acceptors (Lipinski definition) is 5. The van der Waals surface area contributed by atoms with Crippen LogP contribution in [0.1, 0.15) is 36.0 Å². The second-order valence-corrected chi connectivity index (χ2v) is 7.93. The van der Waals surface area contributed by atoms with Crippen molar-refractivity contribution in [2.24, 2.45) is 0 Å². The van der Waals surface area contributed by atoms with Crippen LogP contribution in [0.3, 0.4) is 0 Å². The molecule has 0 bridgehead atoms. The maximum atomic E-state index is 13.2. The Hall–Kier alpha value is -3.28. The van der Waals surface area contributed by atoms with Gasteiger partial charge in [0.25, 0.3) is 0 Å². The van der Waals surface area contributed by atoms with Gasteiger partial charge in [0.15, 0.2) is 5.78 Å². The molecule has 1 N–H and O–H groups in total. The first-order chi connectivity index (χ1) is 14.6. The second-order valence-electron chi connectivity index (χ2n) is 7.93. The van der Waals surface area contributed by atoms with Gasteiger partial charge in [-0.3, -0.25) is 4.79 Å². The van der Waals surface area contributed by atoms with Gasteiger partial charge in [-0.25, -0.2) is 4.52 Å². The first kappa shape index (κ1) is 20.0. The molecule has 3 aromatic rings. The average molecular weight is 405 g/mol. The molecule has 6 nitrogen and oxygen atoms in total. The minimum atomic E-state index is -0.0671. The molecule has 6 heteroatoms. The lowest BCUT2D eigenvalue weighted by molar-refractivity contribution is 0.104. The van der Waals surface area contributed by atoms with E-state index in [1.54, 1.807) is 19.4 Å². The summed E-state index contributed by atoms with van der Waals surface area (Å²) >= 11 is 0. The lowest BCUT2D eigenvalue weighted by Crippen LogP contribution is -2.17. The van der Waals surface area contributed by atoms with E-state index in [0.717, 1.165) is 22.6 Å². The largest absolute Gasteiger partial charge is 0.497 e. The summed E-state index contributed by atoms with van der Waals surface area (Å²) in [5, 5.41) is 8.50. The molecule has 1 aliphatic carbocycles. The number of anilines is 1. The fourth-order valence-electron chi connectivity index (χ4n) is 3.95. The molecule has 1 aliphatic rings. The number of fused-ring (bicyclic) bond motifs is 1. The van der Waals surface area contributed by atoms with E-state index in [1.165, 1.54) is 25.7 Å². The van der Waals surface area contributed by atoms with E-state index in [-0.39, 0.29) is 5.78 Å². The Morgan fingerprint density at radius 1 is 1.17 bits per heavy atom. The van der Waals surface area contributed by atoms with Crippen molar-refractivity contribution in [3.8, 4) is 17.0 Å². The van der Waals surface area contributed by atoms with Crippen molar-refractivity contribution in [3.05, 3.63) is 60.3 Å². The molecule has 1 aromatic carbocycles. The van der Waals surface area contributed by atoms with Crippen LogP contribution in [-0.2, 0) is 0 Å². The Labute approximate surface area is 177 Å². The number of methoxy groups -OCH3 is 1. The SMILES string of the molecule is COc1ccc(-c2nn3c(NC4CCCC4)cccc3c2C(=O)C=CN(C)C)cc1. The van der Waals surface area contributed by atoms with Gasteiger partial charge in [0.1, 0.15) is 17.3 Å². The highest BCUT2D eigenvalue weighted by molar-refractivity contribution is 6.13. The standard InChI is InChI=1S/C24H28N4O2/c1-27(2)16-15-21(29)23-20-9-6-10-22(25-18-7-4-5-8-18)28(20)26-24(23)17-11-13-19(30-3)14-12-17/h6,9-16,18,25H,4-5,7-8H2,1-3H3. The van der Waals surface area contributed by atoms with E-state index in [1.807, 2.05) is 66.0 Å². The minimum Gasteiger partial charge on any atom is -0.497 e. The van der Waals surface area contributed by atoms with E-state index in [9.17, 15) is 4.79 Å². The van der Waals surface area contributed by atoms with Crippen molar-refractivity contribution in [2.75, 3.05) is 26.5 Å². The Morgan fingerprint density at radius 3 is 2.57 bits per heavy atom. The van der Waals surface area contributed by atoms with Crippen LogP contribution in [0.25, 0.3) is 16.8 Å². The fraction of sp³-hybridized carbons (Fsp3) is 0.333. The average Bonchev–Trinajstić information content (AvgIpc) is 3.40. The molecule has 0 spiro atoms. The van der Waals surface area contributed by atoms with Crippen LogP contribution in [0.5, 0.6) is 5.75 Å². The summed E-state index contributed by atoms with van der Waals surface area (Å²) in [6.07, 6.45) is 8.21. The van der Waals surface area contributed by atoms with Crippen LogP contribution in [0.2, 0.25) is 0 Å². The quantitative estimate of drug-likeness (QED) is 0.460. The fourth-order valence-corrected chi connectivity index (χ4v) is 3.95. The normalized spacial score (nSPS) is 14.5. The minimum absolute atomic E-state index is 0.0671. The molecule has 30 heavy (non-hydrogen) atoms. The zero-order chi connectivity index (χ0) is 21.1. The number of rotatable bonds is 7. The number of aromatic nitrogens is 2. The third-order valence-electron chi connectivity index (χ3n) is 5.50. The van der Waals surface area contributed by atoms with Gasteiger partial charge in [0.05, 0.1) is 18.2 Å². The Morgan fingerprint density at radius 2 is 1.90 bits per heavy atom. The van der Waals surface area contributed by atoms with Gasteiger partial charge in [-0.2, -0.15) is 5.10 Å². The number of pyridine rings is 1. The highest BCUT2D eigenvalue weighted by atomic mass is 16.5. The van der Waals surface area contributed by atoms with E-state index in [0.29, 0.717) is 17.3 Å². The number of ether oxygens (including phenoxy) is 1. The summed E-state index contributed by atoms with van der Waals surface area (Å²) in [6.45, 7) is 0. The summed E-state index contributed by atoms with van der Waals surface area (Å²) < 4.78 is 7.15. The number of nitrogens with zero attached hydrogens (tertiary/aromatic N) is 3. The van der Waals surface area contributed by atoms with Gasteiger partial charge in [0, 0.05) is 38.0 Å². The number of allylic oxidation sites excluding steroid dienone is 1. The summed E-state index contributed by atoms with van der Waals surface area (Å²) in [7, 11) is 5.43. The monoisotopic (exact) mass is 404 g/mol. The zero-order valence-corrected chi connectivity index (χ0v) is 17.8. The smallest absolute Gasteiger partial charge is 0.191 e. The van der Waals surface area contributed by atoms with E-state index < -0.39 is 0 Å². The number of benzene rings is 1. The van der Waals surface area contributed by atoms with Crippen molar-refractivity contribution < 1.29 is 9.53 Å². The van der Waals surface area contributed by atoms with Crippen LogP contribution >= 0.6 is 0 Å². The number of carbonyl (C=O) groups is 1. The number of hydrogen-bond donors (Lipinski definition) is 1. The summed E-state index contributed by atoms with van der Waals surface area (Å²) in [6, 6.07) is 14.1. The number of nitrogens with one attached hydrogen (secondary N) is 1. The number of carbonyl (C=O) groups excluding carboxylic acids is 1. The third kappa shape index (κ3) is 4.03. The van der Waals surface area contributed by atoms with Crippen LogP contribution < -0.4 is 10.1 Å². The summed E-state index contributed by atoms with van der Waals surface area (Å²) in [5.41, 5.74) is 2.96. The van der Waals surface area contributed by atoms with Gasteiger partial charge >= 0.3 is 0 Å². The number of ketones is 1. The van der Waals surface area contributed by atoms with Crippen molar-refractivity contribution in [1.82, 2.24) is 14.5 Å². The predicted molar refractivity (Wildman–Crippen MR) is 120 cm³/mol. The molecule has 2 aromatic heterocycles. The van der Waals surface area contributed by atoms with Crippen molar-refractivity contribution in [2.45, 2.75) is 31.7 Å². The zero-order valence-electron chi connectivity index (χ0n) is 17.8. The Kier molecular flexibility index (Phi) is 5.74. The van der Waals surface area contributed by atoms with Gasteiger partial charge in [0.2, 0.25) is 0 Å². The molecule has 0 amide bonds. The van der Waals surface area contributed by atoms with Crippen molar-refractivity contribution in [1.29, 1.82) is 0 Å². The van der Waals surface area contributed by atoms with Crippen molar-refractivity contribution in [3.63, 3.8) is 0 Å². The highest BCUT2D eigenvalue weighted by Gasteiger charge is 2.22. The molecule has 1 saturated carbocycles. The van der Waals surface area contributed by atoms with E-state index in [2.05, 4.69) is 5.32 Å². The van der Waals surface area contributed by atoms with Crippen LogP contribution in [0.4, 0.5) is 5.82 Å². The maximum absolute atomic E-state index is 13.2. The van der Waals surface area contributed by atoms with Gasteiger partial charge < -0.3 is 15.0 Å². The van der Waals surface area contributed by atoms with E-state index in [4.69, 9.17) is 9.84 Å². The molecule has 0 unspecified atom stereocenters. The lowest BCUT2D eigenvalue weighted by Gasteiger charge is -2.14. The summed E-state index contributed by atoms with van der Waals surface area (Å²) in [4.78, 5) is 15.0. The van der Waals surface area contributed by atoms with Crippen LogP contribution in [-0.4, -0.2) is 47.5 Å². The molecule has 0 aliphatic heterocycles. The molecule has 0 atom stereocenters. The molecular formula is C24H28N4O2. The van der Waals surface area contributed by atoms with E-state index >= 15 is 0 Å². The second kappa shape index (κ2) is 8.61. The highest BCUT2D eigenvalue weighted by Crippen LogP contribution is 2.31. The maximum Gasteiger partial charge on any atom is 0.191 e. The molecule has 2 heterocycles. The van der Waals surface area contributed by atoms with Gasteiger partial charge in [-0.1, -0.05) is 18.9 Å². The topological polar surface area (TPSA) is 58.9 Å². The predicted octanol–water partition coefficient (Wildman–Crippen LogP) is 4.62. The molecule has 156 valence electrons. The van der Waals surface area contributed by atoms with Crippen LogP contribution in [0.15, 0.2) is 54.7 Å². The molecule has 0 saturated heterocycles. The van der Waals surface area contributed by atoms with Gasteiger partial charge in [-0.05, 0) is 49.2 Å². The molecule has 0 radical (unpaired) electrons. The third-order valence-corrected chi connectivity index (χ3v) is 5.50. The first-order valence-electron chi connectivity index (χ1n) is 10.4. The molecule has 4 rings (SSSR count). The molecular weight excluding hydrogens is 376 g/mol. The summed E-state index contributed by atoms with van der Waals surface area (Å²) in [5.74, 6) is 1.62. The first-order valence-corrected chi connectivity index (χ1v) is 10.4. The lowest BCUT2D eigenvalue weighted by atomic mass is 10.0. The van der Waals surface area contributed by atoms with Gasteiger partial charge in [-0.15, -0.1) is 0 Å². The molecule has 1 fully saturated rings. The Balaban J connectivity index is 1.84. The van der Waals surface area contributed by atoms with Crippen LogP contribution in [0, 0.1) is 0 Å².